The molecule has 6 nitrogen and oxygen atoms in total. The number of rotatable bonds is 5. The van der Waals surface area contributed by atoms with E-state index in [-0.39, 0.29) is 18.0 Å². The third-order valence-electron chi connectivity index (χ3n) is 3.50. The van der Waals surface area contributed by atoms with Gasteiger partial charge in [0.1, 0.15) is 11.4 Å². The van der Waals surface area contributed by atoms with Crippen LogP contribution in [0.2, 0.25) is 0 Å². The van der Waals surface area contributed by atoms with Crippen LogP contribution in [0.4, 0.5) is 10.1 Å². The van der Waals surface area contributed by atoms with Crippen molar-refractivity contribution in [1.29, 1.82) is 0 Å². The Kier molecular flexibility index (Phi) is 4.78. The van der Waals surface area contributed by atoms with Crippen molar-refractivity contribution >= 4 is 11.6 Å². The van der Waals surface area contributed by atoms with Crippen LogP contribution in [0.5, 0.6) is 0 Å². The number of nitro groups is 1. The van der Waals surface area contributed by atoms with Gasteiger partial charge >= 0.3 is 0 Å². The third-order valence-corrected chi connectivity index (χ3v) is 3.50. The number of carbonyl (C=O) groups excluding carboxylic acids is 1. The van der Waals surface area contributed by atoms with E-state index in [1.807, 2.05) is 13.8 Å². The van der Waals surface area contributed by atoms with Crippen molar-refractivity contribution in [2.24, 2.45) is 11.7 Å². The summed E-state index contributed by atoms with van der Waals surface area (Å²) in [5, 5.41) is 13.6. The Labute approximate surface area is 116 Å². The van der Waals surface area contributed by atoms with Crippen LogP contribution in [-0.4, -0.2) is 22.9 Å². The van der Waals surface area contributed by atoms with Crippen molar-refractivity contribution in [2.45, 2.75) is 26.3 Å². The van der Waals surface area contributed by atoms with Crippen LogP contribution in [0, 0.1) is 21.8 Å². The molecule has 1 rings (SSSR count). The molecule has 0 heterocycles. The molecule has 0 aromatic heterocycles. The standard InChI is InChI=1S/C13H18FN3O3/c1-8(2)13(3,7-15)16-12(18)10-5-4-9(14)6-11(10)17(19)20/h4-6,8H,7,15H2,1-3H3,(H,16,18). The summed E-state index contributed by atoms with van der Waals surface area (Å²) in [6.45, 7) is 5.70. The molecule has 0 spiro atoms. The van der Waals surface area contributed by atoms with E-state index in [9.17, 15) is 19.3 Å². The van der Waals surface area contributed by atoms with E-state index >= 15 is 0 Å². The first-order valence-electron chi connectivity index (χ1n) is 6.18. The quantitative estimate of drug-likeness (QED) is 0.636. The van der Waals surface area contributed by atoms with E-state index in [0.717, 1.165) is 18.2 Å². The molecule has 1 atom stereocenters. The van der Waals surface area contributed by atoms with Gasteiger partial charge in [-0.3, -0.25) is 14.9 Å². The average molecular weight is 283 g/mol. The van der Waals surface area contributed by atoms with E-state index in [4.69, 9.17) is 5.73 Å². The minimum absolute atomic E-state index is 0.0379. The van der Waals surface area contributed by atoms with E-state index in [1.54, 1.807) is 6.92 Å². The van der Waals surface area contributed by atoms with Gasteiger partial charge in [-0.25, -0.2) is 4.39 Å². The highest BCUT2D eigenvalue weighted by atomic mass is 19.1. The van der Waals surface area contributed by atoms with Crippen LogP contribution in [-0.2, 0) is 0 Å². The highest BCUT2D eigenvalue weighted by Gasteiger charge is 2.31. The summed E-state index contributed by atoms with van der Waals surface area (Å²) in [6.07, 6.45) is 0. The van der Waals surface area contributed by atoms with Gasteiger partial charge in [-0.15, -0.1) is 0 Å². The summed E-state index contributed by atoms with van der Waals surface area (Å²) in [5.41, 5.74) is 4.20. The maximum Gasteiger partial charge on any atom is 0.285 e. The second-order valence-electron chi connectivity index (χ2n) is 5.15. The maximum absolute atomic E-state index is 13.0. The Hall–Kier alpha value is -2.02. The Morgan fingerprint density at radius 1 is 1.55 bits per heavy atom. The smallest absolute Gasteiger partial charge is 0.285 e. The van der Waals surface area contributed by atoms with Crippen molar-refractivity contribution in [3.8, 4) is 0 Å². The first-order chi connectivity index (χ1) is 9.21. The van der Waals surface area contributed by atoms with Crippen molar-refractivity contribution in [2.75, 3.05) is 6.54 Å². The zero-order valence-electron chi connectivity index (χ0n) is 11.6. The average Bonchev–Trinajstić information content (AvgIpc) is 2.37. The fourth-order valence-electron chi connectivity index (χ4n) is 1.61. The Morgan fingerprint density at radius 3 is 2.60 bits per heavy atom. The normalized spacial score (nSPS) is 13.9. The summed E-state index contributed by atoms with van der Waals surface area (Å²) in [5.74, 6) is -1.37. The highest BCUT2D eigenvalue weighted by Crippen LogP contribution is 2.22. The number of benzene rings is 1. The Balaban J connectivity index is 3.13. The Bertz CT molecular complexity index is 534. The number of carbonyl (C=O) groups is 1. The first-order valence-corrected chi connectivity index (χ1v) is 6.18. The monoisotopic (exact) mass is 283 g/mol. The Morgan fingerprint density at radius 2 is 2.15 bits per heavy atom. The molecule has 0 bridgehead atoms. The van der Waals surface area contributed by atoms with E-state index in [0.29, 0.717) is 0 Å². The van der Waals surface area contributed by atoms with E-state index in [1.165, 1.54) is 0 Å². The molecule has 110 valence electrons. The largest absolute Gasteiger partial charge is 0.345 e. The van der Waals surface area contributed by atoms with E-state index < -0.39 is 27.9 Å². The molecule has 0 radical (unpaired) electrons. The number of nitrogens with two attached hydrogens (primary N) is 1. The van der Waals surface area contributed by atoms with Crippen molar-refractivity contribution in [3.05, 3.63) is 39.7 Å². The molecule has 7 heteroatoms. The fourth-order valence-corrected chi connectivity index (χ4v) is 1.61. The second kappa shape index (κ2) is 5.96. The van der Waals surface area contributed by atoms with Crippen LogP contribution >= 0.6 is 0 Å². The number of hydrogen-bond donors (Lipinski definition) is 2. The van der Waals surface area contributed by atoms with Gasteiger partial charge in [0.15, 0.2) is 0 Å². The van der Waals surface area contributed by atoms with Crippen LogP contribution in [0.25, 0.3) is 0 Å². The first kappa shape index (κ1) is 16.0. The molecular weight excluding hydrogens is 265 g/mol. The topological polar surface area (TPSA) is 98.3 Å². The van der Waals surface area contributed by atoms with Crippen molar-refractivity contribution in [1.82, 2.24) is 5.32 Å². The van der Waals surface area contributed by atoms with Gasteiger partial charge in [0.2, 0.25) is 0 Å². The molecule has 1 aromatic carbocycles. The molecule has 1 aromatic rings. The number of nitrogens with one attached hydrogen (secondary N) is 1. The lowest BCUT2D eigenvalue weighted by Gasteiger charge is -2.33. The molecule has 3 N–H and O–H groups in total. The van der Waals surface area contributed by atoms with Gasteiger partial charge in [0.25, 0.3) is 11.6 Å². The number of nitrogens with zero attached hydrogens (tertiary/aromatic N) is 1. The van der Waals surface area contributed by atoms with Crippen molar-refractivity contribution in [3.63, 3.8) is 0 Å². The molecule has 0 aliphatic rings. The fraction of sp³-hybridized carbons (Fsp3) is 0.462. The summed E-state index contributed by atoms with van der Waals surface area (Å²) >= 11 is 0. The van der Waals surface area contributed by atoms with Gasteiger partial charge < -0.3 is 11.1 Å². The molecule has 1 unspecified atom stereocenters. The second-order valence-corrected chi connectivity index (χ2v) is 5.15. The van der Waals surface area contributed by atoms with Crippen LogP contribution in [0.3, 0.4) is 0 Å². The van der Waals surface area contributed by atoms with Crippen LogP contribution in [0.15, 0.2) is 18.2 Å². The predicted octanol–water partition coefficient (Wildman–Crippen LogP) is 1.84. The van der Waals surface area contributed by atoms with E-state index in [2.05, 4.69) is 5.32 Å². The van der Waals surface area contributed by atoms with Gasteiger partial charge in [-0.2, -0.15) is 0 Å². The number of nitro benzene ring substituents is 1. The van der Waals surface area contributed by atoms with Gasteiger partial charge in [0.05, 0.1) is 16.5 Å². The molecule has 0 aliphatic carbocycles. The summed E-state index contributed by atoms with van der Waals surface area (Å²) < 4.78 is 13.0. The lowest BCUT2D eigenvalue weighted by Crippen LogP contribution is -2.55. The molecule has 0 saturated carbocycles. The molecule has 0 fully saturated rings. The molecule has 0 aliphatic heterocycles. The molecule has 0 saturated heterocycles. The highest BCUT2D eigenvalue weighted by molar-refractivity contribution is 5.98. The predicted molar refractivity (Wildman–Crippen MR) is 72.8 cm³/mol. The molecule has 20 heavy (non-hydrogen) atoms. The van der Waals surface area contributed by atoms with Gasteiger partial charge in [0, 0.05) is 6.54 Å². The minimum atomic E-state index is -0.785. The lowest BCUT2D eigenvalue weighted by molar-refractivity contribution is -0.385. The van der Waals surface area contributed by atoms with Crippen LogP contribution < -0.4 is 11.1 Å². The summed E-state index contributed by atoms with van der Waals surface area (Å²) in [6, 6.07) is 2.83. The van der Waals surface area contributed by atoms with Crippen molar-refractivity contribution < 1.29 is 14.1 Å². The number of halogens is 1. The zero-order chi connectivity index (χ0) is 15.5. The number of amides is 1. The van der Waals surface area contributed by atoms with Gasteiger partial charge in [-0.05, 0) is 25.0 Å². The third kappa shape index (κ3) is 3.30. The summed E-state index contributed by atoms with van der Waals surface area (Å²) in [7, 11) is 0. The minimum Gasteiger partial charge on any atom is -0.345 e. The van der Waals surface area contributed by atoms with Crippen LogP contribution in [0.1, 0.15) is 31.1 Å². The maximum atomic E-state index is 13.0. The molecule has 1 amide bonds. The SMILES string of the molecule is CC(C)C(C)(CN)NC(=O)c1ccc(F)cc1[N+](=O)[O-]. The lowest BCUT2D eigenvalue weighted by atomic mass is 9.88. The molecular formula is C13H18FN3O3. The zero-order valence-corrected chi connectivity index (χ0v) is 11.6. The number of hydrogen-bond acceptors (Lipinski definition) is 4. The summed E-state index contributed by atoms with van der Waals surface area (Å²) in [4.78, 5) is 22.3. The van der Waals surface area contributed by atoms with Gasteiger partial charge in [-0.1, -0.05) is 13.8 Å².